The van der Waals surface area contributed by atoms with Gasteiger partial charge in [-0.25, -0.2) is 4.79 Å². The van der Waals surface area contributed by atoms with Crippen molar-refractivity contribution >= 4 is 23.5 Å². The van der Waals surface area contributed by atoms with E-state index in [1.165, 1.54) is 0 Å². The van der Waals surface area contributed by atoms with Crippen LogP contribution in [0.25, 0.3) is 0 Å². The highest BCUT2D eigenvalue weighted by Gasteiger charge is 2.32. The molecule has 0 saturated heterocycles. The summed E-state index contributed by atoms with van der Waals surface area (Å²) in [6.45, 7) is 1.24. The maximum atomic E-state index is 12.8. The summed E-state index contributed by atoms with van der Waals surface area (Å²) >= 11 is 5.51. The van der Waals surface area contributed by atoms with Crippen LogP contribution in [-0.4, -0.2) is 22.5 Å². The summed E-state index contributed by atoms with van der Waals surface area (Å²) in [5.41, 5.74) is -2.11. The van der Waals surface area contributed by atoms with Crippen LogP contribution in [0.4, 0.5) is 18.0 Å². The number of alkyl halides is 3. The maximum Gasteiger partial charge on any atom is 0.417 e. The van der Waals surface area contributed by atoms with E-state index in [2.05, 4.69) is 5.32 Å². The number of imide groups is 1. The van der Waals surface area contributed by atoms with E-state index in [0.717, 1.165) is 25.7 Å². The van der Waals surface area contributed by atoms with Gasteiger partial charge in [0.05, 0.1) is 5.56 Å². The number of aromatic nitrogens is 1. The Kier molecular flexibility index (Phi) is 6.33. The molecule has 0 aliphatic heterocycles. The number of pyridine rings is 1. The fraction of sp³-hybridized carbons (Fsp3) is 0.562. The molecule has 2 rings (SSSR count). The highest BCUT2D eigenvalue weighted by molar-refractivity contribution is 6.30. The van der Waals surface area contributed by atoms with Gasteiger partial charge in [-0.3, -0.25) is 14.9 Å². The zero-order chi connectivity index (χ0) is 19.5. The molecule has 2 N–H and O–H groups in total. The van der Waals surface area contributed by atoms with Crippen molar-refractivity contribution in [3.05, 3.63) is 33.2 Å². The summed E-state index contributed by atoms with van der Waals surface area (Å²) in [7, 11) is 0. The summed E-state index contributed by atoms with van der Waals surface area (Å²) in [6.07, 6.45) is -0.401. The van der Waals surface area contributed by atoms with Gasteiger partial charge in [0.25, 0.3) is 5.56 Å². The maximum absolute atomic E-state index is 12.8. The van der Waals surface area contributed by atoms with Crippen LogP contribution in [0.3, 0.4) is 0 Å². The van der Waals surface area contributed by atoms with Crippen LogP contribution in [0.1, 0.15) is 38.2 Å². The molecule has 2 atom stereocenters. The van der Waals surface area contributed by atoms with E-state index in [0.29, 0.717) is 16.8 Å². The van der Waals surface area contributed by atoms with E-state index < -0.39 is 40.8 Å². The van der Waals surface area contributed by atoms with Crippen molar-refractivity contribution in [1.29, 1.82) is 0 Å². The van der Waals surface area contributed by atoms with Crippen molar-refractivity contribution < 1.29 is 22.8 Å². The molecule has 3 amide bonds. The zero-order valence-corrected chi connectivity index (χ0v) is 14.8. The van der Waals surface area contributed by atoms with E-state index >= 15 is 0 Å². The second-order valence-electron chi connectivity index (χ2n) is 6.40. The third-order valence-corrected chi connectivity index (χ3v) is 4.64. The van der Waals surface area contributed by atoms with Gasteiger partial charge in [0.15, 0.2) is 0 Å². The number of carbonyl (C=O) groups excluding carboxylic acids is 2. The normalized spacial score (nSPS) is 20.5. The van der Waals surface area contributed by atoms with Crippen molar-refractivity contribution in [3.63, 3.8) is 0 Å². The molecule has 1 aromatic rings. The fourth-order valence-corrected chi connectivity index (χ4v) is 3.15. The van der Waals surface area contributed by atoms with Crippen LogP contribution < -0.4 is 16.2 Å². The largest absolute Gasteiger partial charge is 0.417 e. The molecule has 0 bridgehead atoms. The van der Waals surface area contributed by atoms with Crippen molar-refractivity contribution in [3.8, 4) is 0 Å². The van der Waals surface area contributed by atoms with Gasteiger partial charge in [-0.05, 0) is 24.8 Å². The van der Waals surface area contributed by atoms with E-state index in [1.54, 1.807) is 0 Å². The molecular weight excluding hydrogens is 375 g/mol. The molecule has 26 heavy (non-hydrogen) atoms. The number of halogens is 4. The molecular formula is C16H19ClF3N3O3. The molecule has 1 aliphatic carbocycles. The first-order valence-corrected chi connectivity index (χ1v) is 8.53. The smallest absolute Gasteiger partial charge is 0.335 e. The molecule has 0 spiro atoms. The lowest BCUT2D eigenvalue weighted by Crippen LogP contribution is -2.48. The molecule has 1 fully saturated rings. The van der Waals surface area contributed by atoms with Crippen LogP contribution in [-0.2, 0) is 17.5 Å². The lowest BCUT2D eigenvalue weighted by molar-refractivity contribution is -0.138. The van der Waals surface area contributed by atoms with Gasteiger partial charge in [0, 0.05) is 12.2 Å². The highest BCUT2D eigenvalue weighted by Crippen LogP contribution is 2.29. The second kappa shape index (κ2) is 8.11. The number of nitrogens with zero attached hydrogens (tertiary/aromatic N) is 1. The topological polar surface area (TPSA) is 80.2 Å². The lowest BCUT2D eigenvalue weighted by atomic mass is 9.86. The molecule has 1 aromatic heterocycles. The van der Waals surface area contributed by atoms with E-state index in [9.17, 15) is 27.6 Å². The minimum Gasteiger partial charge on any atom is -0.335 e. The monoisotopic (exact) mass is 393 g/mol. The summed E-state index contributed by atoms with van der Waals surface area (Å²) in [5, 5.41) is 4.05. The summed E-state index contributed by atoms with van der Waals surface area (Å²) in [4.78, 5) is 35.6. The first-order chi connectivity index (χ1) is 12.1. The predicted molar refractivity (Wildman–Crippen MR) is 88.8 cm³/mol. The summed E-state index contributed by atoms with van der Waals surface area (Å²) < 4.78 is 38.9. The Labute approximate surface area is 152 Å². The Balaban J connectivity index is 2.02. The van der Waals surface area contributed by atoms with Gasteiger partial charge in [-0.2, -0.15) is 13.2 Å². The third-order valence-electron chi connectivity index (χ3n) is 4.36. The minimum absolute atomic E-state index is 0.0673. The molecule has 6 nitrogen and oxygen atoms in total. The number of hydrogen-bond donors (Lipinski definition) is 2. The predicted octanol–water partition coefficient (Wildman–Crippen LogP) is 2.93. The van der Waals surface area contributed by atoms with Gasteiger partial charge in [0.1, 0.15) is 11.6 Å². The molecule has 144 valence electrons. The molecule has 0 aromatic carbocycles. The van der Waals surface area contributed by atoms with Crippen molar-refractivity contribution in [2.75, 3.05) is 0 Å². The zero-order valence-electron chi connectivity index (χ0n) is 14.0. The lowest BCUT2D eigenvalue weighted by Gasteiger charge is -2.29. The molecule has 0 unspecified atom stereocenters. The average Bonchev–Trinajstić information content (AvgIpc) is 2.52. The van der Waals surface area contributed by atoms with E-state index in [1.807, 2.05) is 12.2 Å². The van der Waals surface area contributed by atoms with Crippen LogP contribution >= 0.6 is 11.6 Å². The summed E-state index contributed by atoms with van der Waals surface area (Å²) in [5.74, 6) is -0.641. The first kappa shape index (κ1) is 20.3. The molecule has 0 radical (unpaired) electrons. The average molecular weight is 394 g/mol. The number of amides is 3. The van der Waals surface area contributed by atoms with Crippen LogP contribution in [0.2, 0.25) is 5.02 Å². The Morgan fingerprint density at radius 2 is 1.96 bits per heavy atom. The number of urea groups is 1. The van der Waals surface area contributed by atoms with Gasteiger partial charge in [-0.15, -0.1) is 0 Å². The van der Waals surface area contributed by atoms with Gasteiger partial charge < -0.3 is 9.88 Å². The van der Waals surface area contributed by atoms with Gasteiger partial charge in [0.2, 0.25) is 5.91 Å². The number of carbonyl (C=O) groups is 2. The first-order valence-electron chi connectivity index (χ1n) is 8.15. The molecule has 1 heterocycles. The Morgan fingerprint density at radius 3 is 2.58 bits per heavy atom. The number of hydrogen-bond acceptors (Lipinski definition) is 3. The second-order valence-corrected chi connectivity index (χ2v) is 6.80. The van der Waals surface area contributed by atoms with Gasteiger partial charge in [-0.1, -0.05) is 31.4 Å². The Hall–Kier alpha value is -2.03. The SMILES string of the molecule is C[C@H]1CCCC[C@H]1NC(=O)NC(=O)Cn1cc(C(F)(F)F)cc(Cl)c1=O. The van der Waals surface area contributed by atoms with Crippen LogP contribution in [0, 0.1) is 5.92 Å². The fourth-order valence-electron chi connectivity index (χ4n) is 2.93. The van der Waals surface area contributed by atoms with E-state index in [4.69, 9.17) is 11.6 Å². The Bertz CT molecular complexity index is 748. The highest BCUT2D eigenvalue weighted by atomic mass is 35.5. The Morgan fingerprint density at radius 1 is 1.31 bits per heavy atom. The number of nitrogens with one attached hydrogen (secondary N) is 2. The van der Waals surface area contributed by atoms with Crippen LogP contribution in [0.15, 0.2) is 17.1 Å². The minimum atomic E-state index is -4.72. The molecule has 1 saturated carbocycles. The van der Waals surface area contributed by atoms with E-state index in [-0.39, 0.29) is 12.0 Å². The van der Waals surface area contributed by atoms with Crippen molar-refractivity contribution in [2.24, 2.45) is 5.92 Å². The van der Waals surface area contributed by atoms with Crippen molar-refractivity contribution in [2.45, 2.75) is 51.4 Å². The molecule has 1 aliphatic rings. The van der Waals surface area contributed by atoms with Crippen molar-refractivity contribution in [1.82, 2.24) is 15.2 Å². The summed E-state index contributed by atoms with van der Waals surface area (Å²) in [6, 6.07) is -0.308. The number of rotatable bonds is 3. The third kappa shape index (κ3) is 5.23. The quantitative estimate of drug-likeness (QED) is 0.828. The van der Waals surface area contributed by atoms with Crippen LogP contribution in [0.5, 0.6) is 0 Å². The van der Waals surface area contributed by atoms with Gasteiger partial charge >= 0.3 is 12.2 Å². The molecule has 10 heteroatoms. The standard InChI is InChI=1S/C16H19ClF3N3O3/c1-9-4-2-3-5-12(9)21-15(26)22-13(24)8-23-7-10(16(18,19)20)6-11(17)14(23)25/h6-7,9,12H,2-5,8H2,1H3,(H2,21,22,24,26)/t9-,12+/m0/s1.